The molecule has 0 spiro atoms. The minimum atomic E-state index is -0.763. The van der Waals surface area contributed by atoms with Gasteiger partial charge in [0.05, 0.1) is 12.5 Å². The Kier molecular flexibility index (Phi) is 3.98. The first-order valence-electron chi connectivity index (χ1n) is 7.05. The highest BCUT2D eigenvalue weighted by Crippen LogP contribution is 2.34. The van der Waals surface area contributed by atoms with Crippen LogP contribution in [0.5, 0.6) is 0 Å². The summed E-state index contributed by atoms with van der Waals surface area (Å²) in [6, 6.07) is 3.93. The van der Waals surface area contributed by atoms with E-state index in [9.17, 15) is 18.8 Å². The lowest BCUT2D eigenvalue weighted by atomic mass is 9.97. The van der Waals surface area contributed by atoms with E-state index in [4.69, 9.17) is 10.2 Å². The van der Waals surface area contributed by atoms with Gasteiger partial charge in [0.2, 0.25) is 17.7 Å². The number of benzene rings is 1. The predicted molar refractivity (Wildman–Crippen MR) is 79.3 cm³/mol. The van der Waals surface area contributed by atoms with Gasteiger partial charge < -0.3 is 20.8 Å². The van der Waals surface area contributed by atoms with Gasteiger partial charge in [0.15, 0.2) is 5.69 Å². The number of hydrogen-bond acceptors (Lipinski definition) is 5. The van der Waals surface area contributed by atoms with Gasteiger partial charge in [-0.3, -0.25) is 14.4 Å². The zero-order valence-corrected chi connectivity index (χ0v) is 12.3. The summed E-state index contributed by atoms with van der Waals surface area (Å²) in [5.41, 5.74) is 5.94. The summed E-state index contributed by atoms with van der Waals surface area (Å²) in [5.74, 6) is -2.67. The smallest absolute Gasteiger partial charge is 0.270 e. The van der Waals surface area contributed by atoms with Gasteiger partial charge >= 0.3 is 0 Å². The van der Waals surface area contributed by atoms with Crippen LogP contribution < -0.4 is 16.4 Å². The number of nitrogens with two attached hydrogens (primary N) is 1. The molecule has 3 amide bonds. The molecule has 0 radical (unpaired) electrons. The molecule has 1 aliphatic rings. The SMILES string of the molecule is NC(=O)c1coc(CNC(=O)CC2C(=O)Nc3ccc(F)cc32)n1. The van der Waals surface area contributed by atoms with Crippen molar-refractivity contribution < 1.29 is 23.2 Å². The minimum absolute atomic E-state index is 0.0428. The number of anilines is 1. The molecule has 1 aromatic heterocycles. The number of nitrogens with one attached hydrogen (secondary N) is 2. The first-order chi connectivity index (χ1) is 11.4. The molecule has 3 rings (SSSR count). The first kappa shape index (κ1) is 15.7. The lowest BCUT2D eigenvalue weighted by Gasteiger charge is -2.08. The van der Waals surface area contributed by atoms with Crippen LogP contribution in [0.2, 0.25) is 0 Å². The van der Waals surface area contributed by atoms with Crippen molar-refractivity contribution in [2.75, 3.05) is 5.32 Å². The highest BCUT2D eigenvalue weighted by Gasteiger charge is 2.32. The number of carbonyl (C=O) groups is 3. The average molecular weight is 332 g/mol. The van der Waals surface area contributed by atoms with E-state index in [2.05, 4.69) is 15.6 Å². The van der Waals surface area contributed by atoms with Crippen LogP contribution in [0.4, 0.5) is 10.1 Å². The summed E-state index contributed by atoms with van der Waals surface area (Å²) in [6.07, 6.45) is 0.943. The summed E-state index contributed by atoms with van der Waals surface area (Å²) in [5, 5.41) is 5.12. The maximum atomic E-state index is 13.3. The van der Waals surface area contributed by atoms with E-state index in [-0.39, 0.29) is 30.5 Å². The number of primary amides is 1. The first-order valence-corrected chi connectivity index (χ1v) is 7.05. The van der Waals surface area contributed by atoms with E-state index in [0.29, 0.717) is 11.3 Å². The lowest BCUT2D eigenvalue weighted by molar-refractivity contribution is -0.125. The summed E-state index contributed by atoms with van der Waals surface area (Å²) in [6.45, 7) is -0.0591. The summed E-state index contributed by atoms with van der Waals surface area (Å²) in [4.78, 5) is 38.6. The van der Waals surface area contributed by atoms with E-state index in [0.717, 1.165) is 6.26 Å². The van der Waals surface area contributed by atoms with Crippen molar-refractivity contribution in [1.82, 2.24) is 10.3 Å². The molecule has 2 aromatic rings. The maximum Gasteiger partial charge on any atom is 0.270 e. The van der Waals surface area contributed by atoms with E-state index >= 15 is 0 Å². The third-order valence-electron chi connectivity index (χ3n) is 3.59. The molecule has 4 N–H and O–H groups in total. The van der Waals surface area contributed by atoms with Crippen molar-refractivity contribution >= 4 is 23.4 Å². The predicted octanol–water partition coefficient (Wildman–Crippen LogP) is 0.655. The number of hydrogen-bond donors (Lipinski definition) is 3. The molecule has 124 valence electrons. The van der Waals surface area contributed by atoms with Gasteiger partial charge in [0.25, 0.3) is 5.91 Å². The molecule has 0 saturated carbocycles. The Bertz CT molecular complexity index is 833. The second-order valence-corrected chi connectivity index (χ2v) is 5.24. The van der Waals surface area contributed by atoms with Crippen molar-refractivity contribution in [2.24, 2.45) is 5.73 Å². The molecule has 1 aliphatic heterocycles. The van der Waals surface area contributed by atoms with Gasteiger partial charge in [-0.15, -0.1) is 0 Å². The minimum Gasteiger partial charge on any atom is -0.446 e. The highest BCUT2D eigenvalue weighted by atomic mass is 19.1. The van der Waals surface area contributed by atoms with Gasteiger partial charge in [-0.25, -0.2) is 9.37 Å². The van der Waals surface area contributed by atoms with Crippen LogP contribution in [-0.4, -0.2) is 22.7 Å². The molecule has 8 nitrogen and oxygen atoms in total. The van der Waals surface area contributed by atoms with E-state index < -0.39 is 23.5 Å². The summed E-state index contributed by atoms with van der Waals surface area (Å²) in [7, 11) is 0. The molecule has 2 heterocycles. The van der Waals surface area contributed by atoms with Gasteiger partial charge in [-0.2, -0.15) is 0 Å². The van der Waals surface area contributed by atoms with E-state index in [1.54, 1.807) is 0 Å². The molecule has 0 saturated heterocycles. The number of aromatic nitrogens is 1. The van der Waals surface area contributed by atoms with Gasteiger partial charge in [0.1, 0.15) is 12.1 Å². The van der Waals surface area contributed by atoms with Crippen molar-refractivity contribution in [1.29, 1.82) is 0 Å². The van der Waals surface area contributed by atoms with Crippen LogP contribution >= 0.6 is 0 Å². The Morgan fingerprint density at radius 1 is 1.42 bits per heavy atom. The molecule has 24 heavy (non-hydrogen) atoms. The van der Waals surface area contributed by atoms with Crippen molar-refractivity contribution in [2.45, 2.75) is 18.9 Å². The van der Waals surface area contributed by atoms with Crippen LogP contribution in [0.1, 0.15) is 34.3 Å². The Morgan fingerprint density at radius 3 is 2.92 bits per heavy atom. The Morgan fingerprint density at radius 2 is 2.21 bits per heavy atom. The van der Waals surface area contributed by atoms with E-state index in [1.165, 1.54) is 18.2 Å². The lowest BCUT2D eigenvalue weighted by Crippen LogP contribution is -2.27. The standard InChI is InChI=1S/C15H13FN4O4/c16-7-1-2-10-8(3-7)9(15(23)20-10)4-12(21)18-5-13-19-11(6-24-13)14(17)22/h1-3,6,9H,4-5H2,(H2,17,22)(H,18,21)(H,20,23). The molecular weight excluding hydrogens is 319 g/mol. The second kappa shape index (κ2) is 6.11. The van der Waals surface area contributed by atoms with Crippen molar-refractivity contribution in [3.05, 3.63) is 47.4 Å². The fraction of sp³-hybridized carbons (Fsp3) is 0.200. The van der Waals surface area contributed by atoms with Gasteiger partial charge in [-0.1, -0.05) is 0 Å². The normalized spacial score (nSPS) is 15.7. The molecule has 0 aliphatic carbocycles. The van der Waals surface area contributed by atoms with Crippen LogP contribution in [0.15, 0.2) is 28.9 Å². The van der Waals surface area contributed by atoms with Crippen LogP contribution in [-0.2, 0) is 16.1 Å². The zero-order chi connectivity index (χ0) is 17.3. The summed E-state index contributed by atoms with van der Waals surface area (Å²) < 4.78 is 18.3. The molecule has 0 bridgehead atoms. The molecule has 1 aromatic carbocycles. The molecule has 0 fully saturated rings. The number of carbonyl (C=O) groups excluding carboxylic acids is 3. The molecule has 9 heteroatoms. The maximum absolute atomic E-state index is 13.3. The van der Waals surface area contributed by atoms with Crippen molar-refractivity contribution in [3.63, 3.8) is 0 Å². The number of oxazole rings is 1. The van der Waals surface area contributed by atoms with Crippen LogP contribution in [0.25, 0.3) is 0 Å². The molecule has 1 atom stereocenters. The number of rotatable bonds is 5. The number of halogens is 1. The zero-order valence-electron chi connectivity index (χ0n) is 12.3. The monoisotopic (exact) mass is 332 g/mol. The topological polar surface area (TPSA) is 127 Å². The number of amides is 3. The van der Waals surface area contributed by atoms with Crippen LogP contribution in [0.3, 0.4) is 0 Å². The Labute approximate surface area is 135 Å². The quantitative estimate of drug-likeness (QED) is 0.741. The molecule has 1 unspecified atom stereocenters. The third kappa shape index (κ3) is 3.09. The van der Waals surface area contributed by atoms with Gasteiger partial charge in [0, 0.05) is 12.1 Å². The fourth-order valence-electron chi connectivity index (χ4n) is 2.44. The van der Waals surface area contributed by atoms with Gasteiger partial charge in [-0.05, 0) is 23.8 Å². The molecular formula is C15H13FN4O4. The van der Waals surface area contributed by atoms with E-state index in [1.807, 2.05) is 0 Å². The number of nitrogens with zero attached hydrogens (tertiary/aromatic N) is 1. The highest BCUT2D eigenvalue weighted by molar-refractivity contribution is 6.04. The van der Waals surface area contributed by atoms with Crippen LogP contribution in [0, 0.1) is 5.82 Å². The fourth-order valence-corrected chi connectivity index (χ4v) is 2.44. The van der Waals surface area contributed by atoms with Crippen molar-refractivity contribution in [3.8, 4) is 0 Å². The second-order valence-electron chi connectivity index (χ2n) is 5.24. The Balaban J connectivity index is 1.62. The Hall–Kier alpha value is -3.23. The average Bonchev–Trinajstić information content (AvgIpc) is 3.11. The number of fused-ring (bicyclic) bond motifs is 1. The summed E-state index contributed by atoms with van der Waals surface area (Å²) >= 11 is 0. The largest absolute Gasteiger partial charge is 0.446 e. The third-order valence-corrected chi connectivity index (χ3v) is 3.59.